The summed E-state index contributed by atoms with van der Waals surface area (Å²) in [4.78, 5) is 30.8. The SMILES string of the molecule is O=C(Nc1ccccc1)N(c1nccs1)N(C(=O)Nc1ccc(F)cc1)C1NCCS1. The van der Waals surface area contributed by atoms with E-state index in [4.69, 9.17) is 0 Å². The number of para-hydroxylation sites is 1. The Morgan fingerprint density at radius 1 is 1.03 bits per heavy atom. The van der Waals surface area contributed by atoms with Crippen LogP contribution in [0, 0.1) is 5.82 Å². The number of nitrogens with one attached hydrogen (secondary N) is 3. The third-order valence-corrected chi connectivity index (χ3v) is 6.12. The van der Waals surface area contributed by atoms with Gasteiger partial charge in [-0.05, 0) is 36.4 Å². The number of hydrogen-bond donors (Lipinski definition) is 3. The molecule has 4 rings (SSSR count). The fourth-order valence-corrected chi connectivity index (χ4v) is 4.54. The van der Waals surface area contributed by atoms with Crippen LogP contribution in [0.4, 0.5) is 30.5 Å². The molecule has 31 heavy (non-hydrogen) atoms. The number of rotatable bonds is 4. The molecule has 8 nitrogen and oxygen atoms in total. The minimum atomic E-state index is -0.558. The number of halogens is 1. The lowest BCUT2D eigenvalue weighted by molar-refractivity contribution is 0.191. The number of hydrogen-bond acceptors (Lipinski definition) is 6. The summed E-state index contributed by atoms with van der Waals surface area (Å²) in [5.41, 5.74) is 0.493. The third kappa shape index (κ3) is 5.13. The van der Waals surface area contributed by atoms with E-state index in [1.165, 1.54) is 57.4 Å². The summed E-state index contributed by atoms with van der Waals surface area (Å²) in [6.07, 6.45) is 1.56. The quantitative estimate of drug-likeness (QED) is 0.505. The minimum absolute atomic E-state index is 0.331. The van der Waals surface area contributed by atoms with Crippen LogP contribution < -0.4 is 21.0 Å². The minimum Gasteiger partial charge on any atom is -0.306 e. The predicted molar refractivity (Wildman–Crippen MR) is 122 cm³/mol. The Bertz CT molecular complexity index is 1010. The molecule has 1 saturated heterocycles. The molecule has 0 radical (unpaired) electrons. The molecular weight excluding hydrogens is 439 g/mol. The van der Waals surface area contributed by atoms with Crippen molar-refractivity contribution in [1.82, 2.24) is 15.3 Å². The number of amides is 4. The first-order chi connectivity index (χ1) is 15.1. The Labute approximate surface area is 186 Å². The second-order valence-electron chi connectivity index (χ2n) is 6.38. The first-order valence-corrected chi connectivity index (χ1v) is 11.3. The van der Waals surface area contributed by atoms with E-state index in [2.05, 4.69) is 20.9 Å². The molecule has 1 aromatic heterocycles. The monoisotopic (exact) mass is 458 g/mol. The number of urea groups is 2. The fourth-order valence-electron chi connectivity index (χ4n) is 2.88. The average Bonchev–Trinajstić information content (AvgIpc) is 3.48. The Morgan fingerprint density at radius 3 is 2.39 bits per heavy atom. The molecule has 0 bridgehead atoms. The van der Waals surface area contributed by atoms with E-state index >= 15 is 0 Å². The molecule has 1 aliphatic rings. The van der Waals surface area contributed by atoms with E-state index in [0.717, 1.165) is 5.75 Å². The van der Waals surface area contributed by atoms with Gasteiger partial charge in [-0.25, -0.2) is 19.0 Å². The topological polar surface area (TPSA) is 89.6 Å². The van der Waals surface area contributed by atoms with Crippen molar-refractivity contribution in [2.75, 3.05) is 27.9 Å². The largest absolute Gasteiger partial charge is 0.347 e. The van der Waals surface area contributed by atoms with E-state index in [1.54, 1.807) is 35.8 Å². The van der Waals surface area contributed by atoms with Gasteiger partial charge < -0.3 is 10.6 Å². The maximum absolute atomic E-state index is 13.3. The lowest BCUT2D eigenvalue weighted by atomic mass is 10.3. The van der Waals surface area contributed by atoms with Gasteiger partial charge in [0.2, 0.25) is 5.13 Å². The molecule has 2 heterocycles. The molecule has 11 heteroatoms. The molecule has 1 unspecified atom stereocenters. The normalized spacial score (nSPS) is 15.3. The predicted octanol–water partition coefficient (Wildman–Crippen LogP) is 4.39. The highest BCUT2D eigenvalue weighted by molar-refractivity contribution is 8.00. The van der Waals surface area contributed by atoms with Crippen molar-refractivity contribution in [2.45, 2.75) is 5.50 Å². The summed E-state index contributed by atoms with van der Waals surface area (Å²) in [5, 5.41) is 13.3. The van der Waals surface area contributed by atoms with Gasteiger partial charge in [0.15, 0.2) is 5.50 Å². The number of carbonyl (C=O) groups excluding carboxylic acids is 2. The van der Waals surface area contributed by atoms with Crippen LogP contribution >= 0.6 is 23.1 Å². The summed E-state index contributed by atoms with van der Waals surface area (Å²) in [6.45, 7) is 0.682. The maximum Gasteiger partial charge on any atom is 0.347 e. The highest BCUT2D eigenvalue weighted by atomic mass is 32.2. The van der Waals surface area contributed by atoms with Gasteiger partial charge in [-0.1, -0.05) is 18.2 Å². The van der Waals surface area contributed by atoms with Crippen molar-refractivity contribution < 1.29 is 14.0 Å². The van der Waals surface area contributed by atoms with Gasteiger partial charge in [-0.15, -0.1) is 23.1 Å². The van der Waals surface area contributed by atoms with Gasteiger partial charge in [0.1, 0.15) is 5.82 Å². The molecule has 3 aromatic rings. The smallest absolute Gasteiger partial charge is 0.306 e. The summed E-state index contributed by atoms with van der Waals surface area (Å²) in [7, 11) is 0. The van der Waals surface area contributed by atoms with Gasteiger partial charge in [-0.3, -0.25) is 5.32 Å². The lowest BCUT2D eigenvalue weighted by Crippen LogP contribution is -2.59. The van der Waals surface area contributed by atoms with Gasteiger partial charge in [0.05, 0.1) is 0 Å². The molecule has 1 atom stereocenters. The second kappa shape index (κ2) is 9.77. The molecule has 2 aromatic carbocycles. The Hall–Kier alpha value is -3.15. The highest BCUT2D eigenvalue weighted by Crippen LogP contribution is 2.28. The Morgan fingerprint density at radius 2 is 1.74 bits per heavy atom. The molecule has 160 valence electrons. The van der Waals surface area contributed by atoms with E-state index in [0.29, 0.717) is 23.1 Å². The van der Waals surface area contributed by atoms with E-state index < -0.39 is 23.4 Å². The molecule has 0 saturated carbocycles. The summed E-state index contributed by atoms with van der Waals surface area (Å²) in [5.74, 6) is 0.367. The Balaban J connectivity index is 1.65. The number of thiazole rings is 1. The van der Waals surface area contributed by atoms with Crippen LogP contribution in [0.5, 0.6) is 0 Å². The number of carbonyl (C=O) groups is 2. The number of hydrazine groups is 1. The van der Waals surface area contributed by atoms with Gasteiger partial charge in [0, 0.05) is 35.2 Å². The van der Waals surface area contributed by atoms with Gasteiger partial charge >= 0.3 is 12.1 Å². The van der Waals surface area contributed by atoms with E-state index in [9.17, 15) is 14.0 Å². The van der Waals surface area contributed by atoms with Crippen molar-refractivity contribution in [3.05, 3.63) is 72.0 Å². The summed E-state index contributed by atoms with van der Waals surface area (Å²) >= 11 is 2.72. The van der Waals surface area contributed by atoms with Crippen LogP contribution in [0.3, 0.4) is 0 Å². The summed E-state index contributed by atoms with van der Waals surface area (Å²) in [6, 6.07) is 13.3. The van der Waals surface area contributed by atoms with Gasteiger partial charge in [0.25, 0.3) is 0 Å². The Kier molecular flexibility index (Phi) is 6.65. The molecule has 1 fully saturated rings. The molecule has 4 amide bonds. The van der Waals surface area contributed by atoms with Crippen LogP contribution in [-0.2, 0) is 0 Å². The lowest BCUT2D eigenvalue weighted by Gasteiger charge is -2.36. The van der Waals surface area contributed by atoms with Crippen LogP contribution in [-0.4, -0.2) is 39.9 Å². The van der Waals surface area contributed by atoms with Crippen molar-refractivity contribution >= 4 is 51.7 Å². The highest BCUT2D eigenvalue weighted by Gasteiger charge is 2.37. The second-order valence-corrected chi connectivity index (χ2v) is 8.44. The first-order valence-electron chi connectivity index (χ1n) is 9.38. The van der Waals surface area contributed by atoms with Gasteiger partial charge in [-0.2, -0.15) is 10.0 Å². The van der Waals surface area contributed by atoms with Crippen molar-refractivity contribution in [2.24, 2.45) is 0 Å². The number of benzene rings is 2. The van der Waals surface area contributed by atoms with E-state index in [1.807, 2.05) is 6.07 Å². The number of anilines is 3. The third-order valence-electron chi connectivity index (χ3n) is 4.26. The fraction of sp³-hybridized carbons (Fsp3) is 0.150. The molecule has 0 aliphatic carbocycles. The molecule has 1 aliphatic heterocycles. The van der Waals surface area contributed by atoms with Crippen LogP contribution in [0.1, 0.15) is 0 Å². The standard InChI is InChI=1S/C20H19FN6O2S2/c21-14-6-8-16(9-7-14)25-18(29)27(20-23-11-13-31-20)26(19-22-10-12-30-19)17(28)24-15-4-2-1-3-5-15/h1-10,12,20,23H,11,13H2,(H,24,28)(H,25,29). The molecule has 3 N–H and O–H groups in total. The maximum atomic E-state index is 13.3. The number of aromatic nitrogens is 1. The zero-order chi connectivity index (χ0) is 21.6. The van der Waals surface area contributed by atoms with E-state index in [-0.39, 0.29) is 0 Å². The van der Waals surface area contributed by atoms with Crippen molar-refractivity contribution in [3.8, 4) is 0 Å². The first kappa shape index (κ1) is 21.1. The zero-order valence-electron chi connectivity index (χ0n) is 16.2. The van der Waals surface area contributed by atoms with Crippen LogP contribution in [0.15, 0.2) is 66.2 Å². The van der Waals surface area contributed by atoms with Crippen molar-refractivity contribution in [1.29, 1.82) is 0 Å². The average molecular weight is 459 g/mol. The van der Waals surface area contributed by atoms with Crippen LogP contribution in [0.25, 0.3) is 0 Å². The number of nitrogens with zero attached hydrogens (tertiary/aromatic N) is 3. The van der Waals surface area contributed by atoms with Crippen molar-refractivity contribution in [3.63, 3.8) is 0 Å². The van der Waals surface area contributed by atoms with Crippen LogP contribution in [0.2, 0.25) is 0 Å². The number of thioether (sulfide) groups is 1. The molecular formula is C20H19FN6O2S2. The summed E-state index contributed by atoms with van der Waals surface area (Å²) < 4.78 is 13.3. The zero-order valence-corrected chi connectivity index (χ0v) is 17.8. The molecule has 0 spiro atoms.